The number of nitrogens with one attached hydrogen (secondary N) is 1. The second-order valence-corrected chi connectivity index (χ2v) is 2.77. The van der Waals surface area contributed by atoms with Crippen LogP contribution in [-0.4, -0.2) is 29.1 Å². The molecular weight excluding hydrogens is 196 g/mol. The van der Waals surface area contributed by atoms with Gasteiger partial charge in [-0.05, 0) is 13.0 Å². The summed E-state index contributed by atoms with van der Waals surface area (Å²) in [6, 6.07) is 2.80. The molecule has 6 heteroatoms. The van der Waals surface area contributed by atoms with Crippen molar-refractivity contribution in [3.05, 3.63) is 18.0 Å². The molecule has 0 aliphatic carbocycles. The summed E-state index contributed by atoms with van der Waals surface area (Å²) >= 11 is 0. The van der Waals surface area contributed by atoms with Crippen molar-refractivity contribution in [2.24, 2.45) is 0 Å². The van der Waals surface area contributed by atoms with Crippen LogP contribution in [-0.2, 0) is 9.53 Å². The Hall–Kier alpha value is -2.16. The summed E-state index contributed by atoms with van der Waals surface area (Å²) in [5, 5.41) is 11.3. The number of carbonyl (C=O) groups excluding carboxylic acids is 1. The van der Waals surface area contributed by atoms with E-state index >= 15 is 0 Å². The zero-order chi connectivity index (χ0) is 11.3. The molecule has 0 amide bonds. The molecule has 0 saturated heterocycles. The molecule has 1 atom stereocenters. The maximum atomic E-state index is 11.1. The minimum Gasteiger partial charge on any atom is -0.467 e. The average molecular weight is 206 g/mol. The molecule has 1 aromatic rings. The summed E-state index contributed by atoms with van der Waals surface area (Å²) in [6.07, 6.45) is 1.44. The number of ether oxygens (including phenoxy) is 1. The summed E-state index contributed by atoms with van der Waals surface area (Å²) in [7, 11) is 1.30. The second kappa shape index (κ2) is 4.91. The van der Waals surface area contributed by atoms with E-state index in [-0.39, 0.29) is 11.6 Å². The lowest BCUT2D eigenvalue weighted by molar-refractivity contribution is -0.141. The summed E-state index contributed by atoms with van der Waals surface area (Å²) in [5.41, 5.74) is 0.240. The van der Waals surface area contributed by atoms with E-state index in [2.05, 4.69) is 20.0 Å². The Bertz CT molecular complexity index is 399. The fourth-order valence-corrected chi connectivity index (χ4v) is 0.920. The van der Waals surface area contributed by atoms with Gasteiger partial charge in [0.1, 0.15) is 17.8 Å². The van der Waals surface area contributed by atoms with Crippen molar-refractivity contribution in [1.82, 2.24) is 9.97 Å². The Balaban J connectivity index is 2.73. The zero-order valence-electron chi connectivity index (χ0n) is 8.39. The van der Waals surface area contributed by atoms with Gasteiger partial charge in [0, 0.05) is 6.20 Å². The van der Waals surface area contributed by atoms with Crippen LogP contribution < -0.4 is 5.32 Å². The van der Waals surface area contributed by atoms with E-state index in [9.17, 15) is 4.79 Å². The fourth-order valence-electron chi connectivity index (χ4n) is 0.920. The quantitative estimate of drug-likeness (QED) is 0.716. The van der Waals surface area contributed by atoms with Gasteiger partial charge in [-0.15, -0.1) is 0 Å². The smallest absolute Gasteiger partial charge is 0.328 e. The Morgan fingerprint density at radius 3 is 3.07 bits per heavy atom. The van der Waals surface area contributed by atoms with E-state index in [1.807, 2.05) is 6.07 Å². The molecule has 0 bridgehead atoms. The summed E-state index contributed by atoms with van der Waals surface area (Å²) in [5.74, 6) is -0.187. The number of carbonyl (C=O) groups is 1. The SMILES string of the molecule is COC(=O)C(C)Nc1nccc(C#N)n1. The highest BCUT2D eigenvalue weighted by molar-refractivity contribution is 5.77. The van der Waals surface area contributed by atoms with Gasteiger partial charge in [-0.2, -0.15) is 5.26 Å². The van der Waals surface area contributed by atoms with Crippen molar-refractivity contribution in [2.75, 3.05) is 12.4 Å². The van der Waals surface area contributed by atoms with E-state index in [0.29, 0.717) is 0 Å². The van der Waals surface area contributed by atoms with Gasteiger partial charge in [-0.25, -0.2) is 14.8 Å². The first kappa shape index (κ1) is 10.9. The van der Waals surface area contributed by atoms with E-state index in [0.717, 1.165) is 0 Å². The molecule has 1 N–H and O–H groups in total. The van der Waals surface area contributed by atoms with E-state index in [1.54, 1.807) is 6.92 Å². The fraction of sp³-hybridized carbons (Fsp3) is 0.333. The number of rotatable bonds is 3. The predicted octanol–water partition coefficient (Wildman–Crippen LogP) is 0.322. The van der Waals surface area contributed by atoms with Crippen molar-refractivity contribution < 1.29 is 9.53 Å². The maximum Gasteiger partial charge on any atom is 0.328 e. The highest BCUT2D eigenvalue weighted by Gasteiger charge is 2.13. The molecule has 0 radical (unpaired) electrons. The molecular formula is C9H10N4O2. The van der Waals surface area contributed by atoms with E-state index in [1.165, 1.54) is 19.4 Å². The van der Waals surface area contributed by atoms with Crippen molar-refractivity contribution >= 4 is 11.9 Å². The molecule has 0 aliphatic heterocycles. The van der Waals surface area contributed by atoms with Crippen LogP contribution in [0.5, 0.6) is 0 Å². The highest BCUT2D eigenvalue weighted by atomic mass is 16.5. The number of nitriles is 1. The zero-order valence-corrected chi connectivity index (χ0v) is 8.39. The van der Waals surface area contributed by atoms with Crippen molar-refractivity contribution in [3.63, 3.8) is 0 Å². The average Bonchev–Trinajstić information content (AvgIpc) is 2.28. The molecule has 0 saturated carbocycles. The molecule has 1 aromatic heterocycles. The monoisotopic (exact) mass is 206 g/mol. The third kappa shape index (κ3) is 2.91. The minimum absolute atomic E-state index is 0.229. The lowest BCUT2D eigenvalue weighted by Gasteiger charge is -2.10. The predicted molar refractivity (Wildman–Crippen MR) is 51.8 cm³/mol. The molecule has 0 fully saturated rings. The molecule has 0 aromatic carbocycles. The van der Waals surface area contributed by atoms with Crippen LogP contribution in [0.3, 0.4) is 0 Å². The first-order chi connectivity index (χ1) is 7.17. The molecule has 0 spiro atoms. The van der Waals surface area contributed by atoms with Crippen LogP contribution >= 0.6 is 0 Å². The Kier molecular flexibility index (Phi) is 3.57. The van der Waals surface area contributed by atoms with Crippen LogP contribution in [0.2, 0.25) is 0 Å². The molecule has 1 rings (SSSR count). The van der Waals surface area contributed by atoms with E-state index < -0.39 is 12.0 Å². The molecule has 0 aliphatic rings. The number of hydrogen-bond donors (Lipinski definition) is 1. The highest BCUT2D eigenvalue weighted by Crippen LogP contribution is 2.02. The molecule has 1 heterocycles. The van der Waals surface area contributed by atoms with Gasteiger partial charge in [0.15, 0.2) is 0 Å². The third-order valence-corrected chi connectivity index (χ3v) is 1.67. The summed E-state index contributed by atoms with van der Waals surface area (Å²) < 4.78 is 4.52. The number of methoxy groups -OCH3 is 1. The van der Waals surface area contributed by atoms with Crippen LogP contribution in [0.4, 0.5) is 5.95 Å². The van der Waals surface area contributed by atoms with Crippen LogP contribution in [0, 0.1) is 11.3 Å². The molecule has 1 unspecified atom stereocenters. The molecule has 15 heavy (non-hydrogen) atoms. The lowest BCUT2D eigenvalue weighted by Crippen LogP contribution is -2.28. The first-order valence-electron chi connectivity index (χ1n) is 4.25. The van der Waals surface area contributed by atoms with Gasteiger partial charge in [0.05, 0.1) is 7.11 Å². The van der Waals surface area contributed by atoms with Crippen molar-refractivity contribution in [3.8, 4) is 6.07 Å². The van der Waals surface area contributed by atoms with Gasteiger partial charge < -0.3 is 10.1 Å². The van der Waals surface area contributed by atoms with Gasteiger partial charge in [-0.1, -0.05) is 0 Å². The lowest BCUT2D eigenvalue weighted by atomic mass is 10.3. The number of nitrogens with zero attached hydrogens (tertiary/aromatic N) is 3. The summed E-state index contributed by atoms with van der Waals surface area (Å²) in [4.78, 5) is 18.8. The van der Waals surface area contributed by atoms with E-state index in [4.69, 9.17) is 5.26 Å². The van der Waals surface area contributed by atoms with Crippen molar-refractivity contribution in [2.45, 2.75) is 13.0 Å². The van der Waals surface area contributed by atoms with Crippen LogP contribution in [0.15, 0.2) is 12.3 Å². The summed E-state index contributed by atoms with van der Waals surface area (Å²) in [6.45, 7) is 1.62. The largest absolute Gasteiger partial charge is 0.467 e. The number of hydrogen-bond acceptors (Lipinski definition) is 6. The van der Waals surface area contributed by atoms with Crippen LogP contribution in [0.1, 0.15) is 12.6 Å². The standard InChI is InChI=1S/C9H10N4O2/c1-6(8(14)15-2)12-9-11-4-3-7(5-10)13-9/h3-4,6H,1-2H3,(H,11,12,13). The van der Waals surface area contributed by atoms with Crippen LogP contribution in [0.25, 0.3) is 0 Å². The number of aromatic nitrogens is 2. The normalized spacial score (nSPS) is 11.3. The van der Waals surface area contributed by atoms with Gasteiger partial charge in [0.25, 0.3) is 0 Å². The number of anilines is 1. The molecule has 6 nitrogen and oxygen atoms in total. The second-order valence-electron chi connectivity index (χ2n) is 2.77. The third-order valence-electron chi connectivity index (χ3n) is 1.67. The Morgan fingerprint density at radius 1 is 1.73 bits per heavy atom. The molecule has 78 valence electrons. The maximum absolute atomic E-state index is 11.1. The van der Waals surface area contributed by atoms with Gasteiger partial charge in [-0.3, -0.25) is 0 Å². The number of esters is 1. The van der Waals surface area contributed by atoms with Crippen molar-refractivity contribution in [1.29, 1.82) is 5.26 Å². The van der Waals surface area contributed by atoms with Gasteiger partial charge >= 0.3 is 5.97 Å². The Labute approximate surface area is 86.9 Å². The Morgan fingerprint density at radius 2 is 2.47 bits per heavy atom. The first-order valence-corrected chi connectivity index (χ1v) is 4.25. The minimum atomic E-state index is -0.552. The topological polar surface area (TPSA) is 87.9 Å². The van der Waals surface area contributed by atoms with Gasteiger partial charge in [0.2, 0.25) is 5.95 Å².